The van der Waals surface area contributed by atoms with Crippen LogP contribution in [0, 0.1) is 18.3 Å². The molecular formula is C28H41N3O2S. The molecule has 2 heterocycles. The van der Waals surface area contributed by atoms with Gasteiger partial charge in [0, 0.05) is 12.5 Å². The van der Waals surface area contributed by atoms with Crippen molar-refractivity contribution in [3.63, 3.8) is 0 Å². The maximum Gasteiger partial charge on any atom is 0.243 e. The van der Waals surface area contributed by atoms with Crippen LogP contribution < -0.4 is 5.32 Å². The Hall–Kier alpha value is -2.21. The van der Waals surface area contributed by atoms with Crippen molar-refractivity contribution in [2.24, 2.45) is 11.3 Å². The number of aromatic nitrogens is 1. The first-order valence-corrected chi connectivity index (χ1v) is 13.5. The van der Waals surface area contributed by atoms with Gasteiger partial charge in [0.05, 0.1) is 22.1 Å². The molecule has 6 heteroatoms. The summed E-state index contributed by atoms with van der Waals surface area (Å²) in [5, 5.41) is 3.24. The van der Waals surface area contributed by atoms with Gasteiger partial charge in [-0.15, -0.1) is 11.3 Å². The minimum absolute atomic E-state index is 0.0445. The number of carbonyl (C=O) groups is 2. The van der Waals surface area contributed by atoms with E-state index in [4.69, 9.17) is 0 Å². The van der Waals surface area contributed by atoms with E-state index >= 15 is 0 Å². The largest absolute Gasteiger partial charge is 0.348 e. The van der Waals surface area contributed by atoms with Gasteiger partial charge < -0.3 is 10.2 Å². The number of thiazole rings is 1. The zero-order valence-electron chi connectivity index (χ0n) is 22.1. The first kappa shape index (κ1) is 26.4. The minimum Gasteiger partial charge on any atom is -0.348 e. The van der Waals surface area contributed by atoms with E-state index < -0.39 is 0 Å². The van der Waals surface area contributed by atoms with Gasteiger partial charge in [0.15, 0.2) is 0 Å². The summed E-state index contributed by atoms with van der Waals surface area (Å²) >= 11 is 1.66. The lowest BCUT2D eigenvalue weighted by molar-refractivity contribution is -0.144. The smallest absolute Gasteiger partial charge is 0.243 e. The first-order chi connectivity index (χ1) is 16.0. The van der Waals surface area contributed by atoms with Crippen molar-refractivity contribution in [2.75, 3.05) is 6.54 Å². The minimum atomic E-state index is -0.383. The number of hydrogen-bond donors (Lipinski definition) is 1. The normalized spacial score (nSPS) is 19.1. The first-order valence-electron chi connectivity index (χ1n) is 12.6. The van der Waals surface area contributed by atoms with Crippen molar-refractivity contribution < 1.29 is 9.59 Å². The molecule has 0 bridgehead atoms. The maximum atomic E-state index is 13.4. The lowest BCUT2D eigenvalue weighted by Gasteiger charge is -2.33. The summed E-state index contributed by atoms with van der Waals surface area (Å²) in [6.45, 7) is 17.4. The molecule has 1 saturated heterocycles. The second kappa shape index (κ2) is 10.6. The number of amides is 2. The van der Waals surface area contributed by atoms with Gasteiger partial charge >= 0.3 is 0 Å². The third-order valence-electron chi connectivity index (χ3n) is 7.57. The number of rotatable bonds is 7. The summed E-state index contributed by atoms with van der Waals surface area (Å²) in [5.74, 6) is 0.289. The molecule has 1 aliphatic heterocycles. The number of nitrogens with one attached hydrogen (secondary N) is 1. The van der Waals surface area contributed by atoms with Gasteiger partial charge in [-0.2, -0.15) is 0 Å². The molecule has 0 aliphatic carbocycles. The number of carbonyl (C=O) groups excluding carboxylic acids is 2. The summed E-state index contributed by atoms with van der Waals surface area (Å²) in [7, 11) is 0. The highest BCUT2D eigenvalue weighted by Gasteiger charge is 2.39. The lowest BCUT2D eigenvalue weighted by atomic mass is 9.81. The fourth-order valence-electron chi connectivity index (χ4n) is 4.65. The van der Waals surface area contributed by atoms with E-state index in [2.05, 4.69) is 70.0 Å². The molecule has 34 heavy (non-hydrogen) atoms. The molecule has 1 aliphatic rings. The molecular weight excluding hydrogens is 442 g/mol. The molecule has 0 saturated carbocycles. The molecule has 1 fully saturated rings. The van der Waals surface area contributed by atoms with Crippen LogP contribution in [0.25, 0.3) is 10.4 Å². The van der Waals surface area contributed by atoms with E-state index in [0.717, 1.165) is 30.5 Å². The van der Waals surface area contributed by atoms with E-state index in [1.54, 1.807) is 11.3 Å². The average molecular weight is 484 g/mol. The fourth-order valence-corrected chi connectivity index (χ4v) is 5.45. The van der Waals surface area contributed by atoms with Crippen LogP contribution in [-0.2, 0) is 9.59 Å². The molecule has 3 unspecified atom stereocenters. The number of nitrogens with zero attached hydrogens (tertiary/aromatic N) is 2. The highest BCUT2D eigenvalue weighted by molar-refractivity contribution is 7.13. The predicted molar refractivity (Wildman–Crippen MR) is 141 cm³/mol. The van der Waals surface area contributed by atoms with Crippen LogP contribution in [0.2, 0.25) is 0 Å². The zero-order valence-corrected chi connectivity index (χ0v) is 22.9. The summed E-state index contributed by atoms with van der Waals surface area (Å²) < 4.78 is 0. The third kappa shape index (κ3) is 5.54. The molecule has 186 valence electrons. The molecule has 1 aromatic carbocycles. The van der Waals surface area contributed by atoms with Gasteiger partial charge in [0.2, 0.25) is 11.8 Å². The molecule has 5 nitrogen and oxygen atoms in total. The fraction of sp³-hybridized carbons (Fsp3) is 0.607. The van der Waals surface area contributed by atoms with Crippen LogP contribution in [0.3, 0.4) is 0 Å². The third-order valence-corrected chi connectivity index (χ3v) is 8.55. The van der Waals surface area contributed by atoms with Crippen LogP contribution >= 0.6 is 11.3 Å². The van der Waals surface area contributed by atoms with Crippen molar-refractivity contribution in [3.8, 4) is 10.4 Å². The Kier molecular flexibility index (Phi) is 8.22. The van der Waals surface area contributed by atoms with Crippen molar-refractivity contribution in [1.29, 1.82) is 0 Å². The van der Waals surface area contributed by atoms with Crippen LogP contribution in [0.15, 0.2) is 23.7 Å². The zero-order chi connectivity index (χ0) is 25.2. The van der Waals surface area contributed by atoms with Crippen LogP contribution in [0.1, 0.15) is 96.5 Å². The standard InChI is InChI=1S/C28H41N3O2S/c1-9-17(2)23-15-21(25-20(5)29-16-34-25)12-13-22(23)19(4)30-26(32)24-11-10-14-31(24)27(33)18(3)28(6,7)8/h12-13,15-19,24H,9-11,14H2,1-8H3,(H,30,32)/t17?,18-,19?,24?/m1/s1. The summed E-state index contributed by atoms with van der Waals surface area (Å²) in [4.78, 5) is 33.9. The molecule has 3 rings (SSSR count). The van der Waals surface area contributed by atoms with E-state index in [1.807, 2.05) is 24.3 Å². The van der Waals surface area contributed by atoms with E-state index in [-0.39, 0.29) is 35.2 Å². The highest BCUT2D eigenvalue weighted by atomic mass is 32.1. The van der Waals surface area contributed by atoms with Crippen molar-refractivity contribution in [2.45, 2.75) is 92.7 Å². The van der Waals surface area contributed by atoms with Gasteiger partial charge in [-0.3, -0.25) is 9.59 Å². The number of aryl methyl sites for hydroxylation is 1. The second-order valence-corrected chi connectivity index (χ2v) is 11.8. The van der Waals surface area contributed by atoms with E-state index in [1.165, 1.54) is 16.0 Å². The Morgan fingerprint density at radius 3 is 2.50 bits per heavy atom. The van der Waals surface area contributed by atoms with Crippen LogP contribution in [-0.4, -0.2) is 34.3 Å². The summed E-state index contributed by atoms with van der Waals surface area (Å²) in [6, 6.07) is 6.04. The Balaban J connectivity index is 1.81. The van der Waals surface area contributed by atoms with Gasteiger partial charge in [0.1, 0.15) is 6.04 Å². The van der Waals surface area contributed by atoms with Gasteiger partial charge in [-0.25, -0.2) is 4.98 Å². The van der Waals surface area contributed by atoms with Crippen molar-refractivity contribution in [3.05, 3.63) is 40.5 Å². The van der Waals surface area contributed by atoms with Gasteiger partial charge in [-0.05, 0) is 67.2 Å². The molecule has 2 aromatic rings. The molecule has 0 spiro atoms. The van der Waals surface area contributed by atoms with Crippen LogP contribution in [0.5, 0.6) is 0 Å². The van der Waals surface area contributed by atoms with Crippen molar-refractivity contribution >= 4 is 23.2 Å². The number of likely N-dealkylation sites (tertiary alicyclic amines) is 1. The molecule has 2 amide bonds. The quantitative estimate of drug-likeness (QED) is 0.490. The summed E-state index contributed by atoms with van der Waals surface area (Å²) in [6.07, 6.45) is 2.62. The predicted octanol–water partition coefficient (Wildman–Crippen LogP) is 6.48. The Morgan fingerprint density at radius 2 is 1.91 bits per heavy atom. The van der Waals surface area contributed by atoms with E-state index in [0.29, 0.717) is 12.5 Å². The monoisotopic (exact) mass is 483 g/mol. The highest BCUT2D eigenvalue weighted by Crippen LogP contribution is 2.35. The summed E-state index contributed by atoms with van der Waals surface area (Å²) in [5.41, 5.74) is 6.40. The lowest BCUT2D eigenvalue weighted by Crippen LogP contribution is -2.49. The van der Waals surface area contributed by atoms with Gasteiger partial charge in [0.25, 0.3) is 0 Å². The Labute approximate surface area is 209 Å². The Morgan fingerprint density at radius 1 is 1.21 bits per heavy atom. The molecule has 1 N–H and O–H groups in total. The maximum absolute atomic E-state index is 13.4. The number of benzene rings is 1. The molecule has 0 radical (unpaired) electrons. The SMILES string of the molecule is CCC(C)c1cc(-c2scnc2C)ccc1C(C)NC(=O)C1CCCN1C(=O)[C@@H](C)C(C)(C)C. The van der Waals surface area contributed by atoms with Crippen LogP contribution in [0.4, 0.5) is 0 Å². The molecule has 4 atom stereocenters. The van der Waals surface area contributed by atoms with Crippen molar-refractivity contribution in [1.82, 2.24) is 15.2 Å². The Bertz CT molecular complexity index is 1020. The second-order valence-electron chi connectivity index (χ2n) is 10.9. The molecule has 1 aromatic heterocycles. The van der Waals surface area contributed by atoms with E-state index in [9.17, 15) is 9.59 Å². The van der Waals surface area contributed by atoms with Gasteiger partial charge in [-0.1, -0.05) is 53.7 Å². The number of hydrogen-bond acceptors (Lipinski definition) is 4. The topological polar surface area (TPSA) is 62.3 Å². The average Bonchev–Trinajstić information content (AvgIpc) is 3.45.